The molecule has 32 heavy (non-hydrogen) atoms. The Kier molecular flexibility index (Phi) is 5.73. The third-order valence-electron chi connectivity index (χ3n) is 6.33. The average molecular weight is 456 g/mol. The number of ether oxygens (including phenoxy) is 1. The Labute approximate surface area is 191 Å². The molecule has 2 aliphatic rings. The summed E-state index contributed by atoms with van der Waals surface area (Å²) in [7, 11) is 1.69. The van der Waals surface area contributed by atoms with Crippen molar-refractivity contribution in [2.75, 3.05) is 56.2 Å². The fourth-order valence-electron chi connectivity index (χ4n) is 4.71. The molecule has 2 aliphatic heterocycles. The Hall–Kier alpha value is -3.07. The number of anilines is 2. The van der Waals surface area contributed by atoms with Crippen molar-refractivity contribution in [2.45, 2.75) is 12.8 Å². The summed E-state index contributed by atoms with van der Waals surface area (Å²) in [6.07, 6.45) is 3.40. The average Bonchev–Trinajstić information content (AvgIpc) is 3.31. The summed E-state index contributed by atoms with van der Waals surface area (Å²) < 4.78 is 5.50. The minimum absolute atomic E-state index is 0.0618. The van der Waals surface area contributed by atoms with E-state index < -0.39 is 0 Å². The highest BCUT2D eigenvalue weighted by atomic mass is 35.5. The SMILES string of the molecule is COc1ccccc1N1CCN(C(=O)C2CCCN(c3nc(Cl)nc4nc[nH]c34)C2)CC1. The van der Waals surface area contributed by atoms with Crippen LogP contribution in [0.5, 0.6) is 5.75 Å². The Morgan fingerprint density at radius 1 is 1.12 bits per heavy atom. The molecule has 1 aromatic carbocycles. The lowest BCUT2D eigenvalue weighted by Crippen LogP contribution is -2.52. The maximum absolute atomic E-state index is 13.4. The molecule has 0 aliphatic carbocycles. The van der Waals surface area contributed by atoms with Crippen molar-refractivity contribution in [2.24, 2.45) is 5.92 Å². The van der Waals surface area contributed by atoms with Crippen LogP contribution in [0, 0.1) is 5.92 Å². The van der Waals surface area contributed by atoms with Gasteiger partial charge in [0.05, 0.1) is 25.0 Å². The van der Waals surface area contributed by atoms with Gasteiger partial charge in [0.25, 0.3) is 0 Å². The van der Waals surface area contributed by atoms with Crippen molar-refractivity contribution in [3.05, 3.63) is 35.9 Å². The number of benzene rings is 1. The standard InChI is InChI=1S/C22H26ClN7O2/c1-32-17-7-3-2-6-16(17)28-9-11-29(12-10-28)21(31)15-5-4-8-30(13-15)20-18-19(25-14-24-18)26-22(23)27-20/h2-3,6-7,14-15H,4-5,8-13H2,1H3,(H,24,25,26,27). The van der Waals surface area contributed by atoms with Gasteiger partial charge in [0, 0.05) is 39.3 Å². The molecule has 4 heterocycles. The third kappa shape index (κ3) is 3.92. The first-order valence-electron chi connectivity index (χ1n) is 10.9. The van der Waals surface area contributed by atoms with Gasteiger partial charge in [-0.2, -0.15) is 9.97 Å². The van der Waals surface area contributed by atoms with Crippen LogP contribution in [-0.4, -0.2) is 77.1 Å². The number of methoxy groups -OCH3 is 1. The van der Waals surface area contributed by atoms with E-state index in [9.17, 15) is 4.79 Å². The van der Waals surface area contributed by atoms with Crippen LogP contribution >= 0.6 is 11.6 Å². The number of hydrogen-bond acceptors (Lipinski definition) is 7. The second-order valence-corrected chi connectivity index (χ2v) is 8.52. The minimum atomic E-state index is -0.0618. The zero-order chi connectivity index (χ0) is 22.1. The fraction of sp³-hybridized carbons (Fsp3) is 0.455. The summed E-state index contributed by atoms with van der Waals surface area (Å²) in [5.41, 5.74) is 2.38. The van der Waals surface area contributed by atoms with Gasteiger partial charge in [-0.3, -0.25) is 4.79 Å². The molecular formula is C22H26ClN7O2. The summed E-state index contributed by atoms with van der Waals surface area (Å²) in [4.78, 5) is 35.7. The highest BCUT2D eigenvalue weighted by Crippen LogP contribution is 2.30. The van der Waals surface area contributed by atoms with E-state index in [0.717, 1.165) is 55.2 Å². The number of imidazole rings is 1. The van der Waals surface area contributed by atoms with Gasteiger partial charge in [-0.05, 0) is 36.6 Å². The van der Waals surface area contributed by atoms with E-state index in [2.05, 4.69) is 35.8 Å². The van der Waals surface area contributed by atoms with Crippen molar-refractivity contribution in [3.8, 4) is 5.75 Å². The Balaban J connectivity index is 1.26. The molecule has 5 rings (SSSR count). The Morgan fingerprint density at radius 2 is 1.94 bits per heavy atom. The van der Waals surface area contributed by atoms with Crippen LogP contribution < -0.4 is 14.5 Å². The number of piperidine rings is 1. The highest BCUT2D eigenvalue weighted by molar-refractivity contribution is 6.28. The predicted octanol–water partition coefficient (Wildman–Crippen LogP) is 2.58. The van der Waals surface area contributed by atoms with Crippen molar-refractivity contribution in [1.29, 1.82) is 0 Å². The molecule has 0 radical (unpaired) electrons. The van der Waals surface area contributed by atoms with E-state index in [4.69, 9.17) is 16.3 Å². The summed E-state index contributed by atoms with van der Waals surface area (Å²) in [5, 5.41) is 0.167. The molecule has 2 fully saturated rings. The molecule has 0 saturated carbocycles. The molecule has 1 N–H and O–H groups in total. The molecule has 9 nitrogen and oxygen atoms in total. The topological polar surface area (TPSA) is 90.5 Å². The van der Waals surface area contributed by atoms with Crippen LogP contribution in [-0.2, 0) is 4.79 Å². The van der Waals surface area contributed by atoms with Gasteiger partial charge >= 0.3 is 0 Å². The smallest absolute Gasteiger partial charge is 0.227 e. The number of nitrogens with zero attached hydrogens (tertiary/aromatic N) is 6. The number of aromatic amines is 1. The molecule has 3 aromatic rings. The van der Waals surface area contributed by atoms with Crippen LogP contribution in [0.25, 0.3) is 11.2 Å². The van der Waals surface area contributed by atoms with Crippen LogP contribution in [0.4, 0.5) is 11.5 Å². The number of amides is 1. The second kappa shape index (κ2) is 8.82. The zero-order valence-electron chi connectivity index (χ0n) is 18.0. The van der Waals surface area contributed by atoms with Gasteiger partial charge in [-0.25, -0.2) is 4.98 Å². The van der Waals surface area contributed by atoms with Crippen LogP contribution in [0.1, 0.15) is 12.8 Å². The molecule has 2 saturated heterocycles. The lowest BCUT2D eigenvalue weighted by molar-refractivity contribution is -0.136. The van der Waals surface area contributed by atoms with Gasteiger partial charge in [0.1, 0.15) is 11.3 Å². The molecule has 2 aromatic heterocycles. The fourth-order valence-corrected chi connectivity index (χ4v) is 4.87. The van der Waals surface area contributed by atoms with Crippen LogP contribution in [0.3, 0.4) is 0 Å². The molecular weight excluding hydrogens is 430 g/mol. The summed E-state index contributed by atoms with van der Waals surface area (Å²) in [5.74, 6) is 1.74. The van der Waals surface area contributed by atoms with E-state index in [1.165, 1.54) is 0 Å². The number of H-pyrrole nitrogens is 1. The number of halogens is 1. The first-order chi connectivity index (χ1) is 15.6. The summed E-state index contributed by atoms with van der Waals surface area (Å²) >= 11 is 6.11. The lowest BCUT2D eigenvalue weighted by atomic mass is 9.96. The summed E-state index contributed by atoms with van der Waals surface area (Å²) in [6.45, 7) is 4.44. The van der Waals surface area contributed by atoms with Gasteiger partial charge in [-0.1, -0.05) is 12.1 Å². The van der Waals surface area contributed by atoms with Crippen molar-refractivity contribution in [3.63, 3.8) is 0 Å². The van der Waals surface area contributed by atoms with Gasteiger partial charge < -0.3 is 24.4 Å². The first kappa shape index (κ1) is 20.8. The normalized spacial score (nSPS) is 19.4. The Bertz CT molecular complexity index is 1110. The quantitative estimate of drug-likeness (QED) is 0.604. The van der Waals surface area contributed by atoms with Crippen molar-refractivity contribution < 1.29 is 9.53 Å². The lowest BCUT2D eigenvalue weighted by Gasteiger charge is -2.40. The number of carbonyl (C=O) groups is 1. The number of carbonyl (C=O) groups excluding carboxylic acids is 1. The molecule has 168 valence electrons. The van der Waals surface area contributed by atoms with E-state index >= 15 is 0 Å². The maximum atomic E-state index is 13.4. The molecule has 0 spiro atoms. The van der Waals surface area contributed by atoms with Crippen LogP contribution in [0.15, 0.2) is 30.6 Å². The summed E-state index contributed by atoms with van der Waals surface area (Å²) in [6, 6.07) is 8.03. The number of hydrogen-bond donors (Lipinski definition) is 1. The van der Waals surface area contributed by atoms with Gasteiger partial charge in [0.2, 0.25) is 11.2 Å². The van der Waals surface area contributed by atoms with Gasteiger partial charge in [0.15, 0.2) is 11.5 Å². The zero-order valence-corrected chi connectivity index (χ0v) is 18.8. The molecule has 1 atom stereocenters. The van der Waals surface area contributed by atoms with Crippen LogP contribution in [0.2, 0.25) is 5.28 Å². The Morgan fingerprint density at radius 3 is 2.75 bits per heavy atom. The molecule has 1 unspecified atom stereocenters. The van der Waals surface area contributed by atoms with E-state index in [1.54, 1.807) is 13.4 Å². The number of fused-ring (bicyclic) bond motifs is 1. The maximum Gasteiger partial charge on any atom is 0.227 e. The monoisotopic (exact) mass is 455 g/mol. The number of aromatic nitrogens is 4. The largest absolute Gasteiger partial charge is 0.495 e. The van der Waals surface area contributed by atoms with E-state index in [-0.39, 0.29) is 17.1 Å². The molecule has 1 amide bonds. The number of nitrogens with one attached hydrogen (secondary N) is 1. The number of rotatable bonds is 4. The number of piperazine rings is 1. The van der Waals surface area contributed by atoms with E-state index in [0.29, 0.717) is 25.3 Å². The molecule has 10 heteroatoms. The third-order valence-corrected chi connectivity index (χ3v) is 6.50. The van der Waals surface area contributed by atoms with Gasteiger partial charge in [-0.15, -0.1) is 0 Å². The second-order valence-electron chi connectivity index (χ2n) is 8.19. The minimum Gasteiger partial charge on any atom is -0.495 e. The van der Waals surface area contributed by atoms with Crippen molar-refractivity contribution in [1.82, 2.24) is 24.8 Å². The number of para-hydroxylation sites is 2. The van der Waals surface area contributed by atoms with Crippen molar-refractivity contribution >= 4 is 40.2 Å². The highest BCUT2D eigenvalue weighted by Gasteiger charge is 2.32. The molecule has 0 bridgehead atoms. The van der Waals surface area contributed by atoms with E-state index in [1.807, 2.05) is 23.1 Å². The predicted molar refractivity (Wildman–Crippen MR) is 123 cm³/mol. The first-order valence-corrected chi connectivity index (χ1v) is 11.3.